The molecule has 0 bridgehead atoms. The van der Waals surface area contributed by atoms with Crippen LogP contribution >= 0.6 is 0 Å². The highest BCUT2D eigenvalue weighted by Crippen LogP contribution is 2.19. The largest absolute Gasteiger partial charge is 0.389 e. The number of β-amino-alcohol motifs (C(OH)–C–C–N with tert-alkyl or cyclic N) is 1. The lowest BCUT2D eigenvalue weighted by molar-refractivity contribution is -0.141. The number of aliphatic hydroxyl groups is 1. The average molecular weight is 283 g/mol. The molecule has 1 atom stereocenters. The molecule has 20 heavy (non-hydrogen) atoms. The smallest absolute Gasteiger partial charge is 0.245 e. The maximum atomic E-state index is 12.4. The Kier molecular flexibility index (Phi) is 4.34. The second-order valence-electron chi connectivity index (χ2n) is 6.47. The lowest BCUT2D eigenvalue weighted by atomic mass is 10.1. The van der Waals surface area contributed by atoms with Gasteiger partial charge in [0, 0.05) is 46.2 Å². The molecule has 2 heterocycles. The van der Waals surface area contributed by atoms with Crippen molar-refractivity contribution >= 4 is 11.8 Å². The fourth-order valence-corrected chi connectivity index (χ4v) is 2.98. The van der Waals surface area contributed by atoms with Gasteiger partial charge in [-0.2, -0.15) is 0 Å². The molecule has 0 saturated carbocycles. The fourth-order valence-electron chi connectivity index (χ4n) is 2.98. The van der Waals surface area contributed by atoms with Crippen LogP contribution in [0.25, 0.3) is 0 Å². The van der Waals surface area contributed by atoms with E-state index in [1.165, 1.54) is 0 Å². The Morgan fingerprint density at radius 2 is 1.90 bits per heavy atom. The Balaban J connectivity index is 1.85. The van der Waals surface area contributed by atoms with E-state index in [0.717, 1.165) is 13.1 Å². The molecule has 0 radical (unpaired) electrons. The van der Waals surface area contributed by atoms with Crippen molar-refractivity contribution in [1.82, 2.24) is 14.7 Å². The van der Waals surface area contributed by atoms with E-state index in [9.17, 15) is 14.7 Å². The minimum absolute atomic E-state index is 0.0593. The summed E-state index contributed by atoms with van der Waals surface area (Å²) >= 11 is 0. The van der Waals surface area contributed by atoms with Gasteiger partial charge in [-0.3, -0.25) is 14.5 Å². The zero-order valence-corrected chi connectivity index (χ0v) is 12.6. The molecular formula is C14H25N3O3. The first kappa shape index (κ1) is 15.3. The molecule has 2 saturated heterocycles. The van der Waals surface area contributed by atoms with E-state index in [2.05, 4.69) is 4.90 Å². The van der Waals surface area contributed by atoms with Gasteiger partial charge < -0.3 is 14.9 Å². The second-order valence-corrected chi connectivity index (χ2v) is 6.47. The average Bonchev–Trinajstić information content (AvgIpc) is 2.68. The third-order valence-corrected chi connectivity index (χ3v) is 4.07. The minimum Gasteiger partial charge on any atom is -0.389 e. The van der Waals surface area contributed by atoms with Crippen molar-refractivity contribution in [3.8, 4) is 0 Å². The Morgan fingerprint density at radius 3 is 2.35 bits per heavy atom. The van der Waals surface area contributed by atoms with Gasteiger partial charge in [0.2, 0.25) is 11.8 Å². The van der Waals surface area contributed by atoms with E-state index in [0.29, 0.717) is 32.5 Å². The lowest BCUT2D eigenvalue weighted by Gasteiger charge is -2.38. The summed E-state index contributed by atoms with van der Waals surface area (Å²) in [6.45, 7) is 7.12. The van der Waals surface area contributed by atoms with E-state index >= 15 is 0 Å². The highest BCUT2D eigenvalue weighted by molar-refractivity contribution is 5.90. The van der Waals surface area contributed by atoms with E-state index < -0.39 is 5.60 Å². The van der Waals surface area contributed by atoms with Crippen LogP contribution in [0.3, 0.4) is 0 Å². The topological polar surface area (TPSA) is 64.1 Å². The summed E-state index contributed by atoms with van der Waals surface area (Å²) in [4.78, 5) is 29.5. The van der Waals surface area contributed by atoms with Gasteiger partial charge in [0.1, 0.15) is 6.04 Å². The summed E-state index contributed by atoms with van der Waals surface area (Å²) < 4.78 is 0. The Bertz CT molecular complexity index is 384. The van der Waals surface area contributed by atoms with Crippen LogP contribution in [0.1, 0.15) is 26.7 Å². The molecule has 2 rings (SSSR count). The number of nitrogens with zero attached hydrogens (tertiary/aromatic N) is 3. The number of amides is 2. The number of carbonyl (C=O) groups excluding carboxylic acids is 2. The first-order valence-electron chi connectivity index (χ1n) is 7.27. The van der Waals surface area contributed by atoms with Gasteiger partial charge in [0.15, 0.2) is 0 Å². The molecule has 114 valence electrons. The van der Waals surface area contributed by atoms with Crippen molar-refractivity contribution in [2.24, 2.45) is 0 Å². The lowest BCUT2D eigenvalue weighted by Crippen LogP contribution is -2.55. The summed E-state index contributed by atoms with van der Waals surface area (Å²) in [6.07, 6.45) is 1.11. The van der Waals surface area contributed by atoms with Crippen LogP contribution in [0.5, 0.6) is 0 Å². The molecule has 2 fully saturated rings. The molecule has 6 heteroatoms. The summed E-state index contributed by atoms with van der Waals surface area (Å²) in [5.74, 6) is 0.130. The summed E-state index contributed by atoms with van der Waals surface area (Å²) in [6, 6.07) is -0.275. The van der Waals surface area contributed by atoms with E-state index in [1.807, 2.05) is 4.90 Å². The van der Waals surface area contributed by atoms with Gasteiger partial charge >= 0.3 is 0 Å². The highest BCUT2D eigenvalue weighted by atomic mass is 16.3. The minimum atomic E-state index is -0.704. The normalized spacial score (nSPS) is 25.4. The summed E-state index contributed by atoms with van der Waals surface area (Å²) in [5.41, 5.74) is -0.704. The molecule has 1 N–H and O–H groups in total. The monoisotopic (exact) mass is 283 g/mol. The summed E-state index contributed by atoms with van der Waals surface area (Å²) in [7, 11) is 1.71. The SMILES string of the molecule is CN1C(=O)CCC1C(=O)N1CCN(CC(C)(C)O)CC1. The molecule has 2 aliphatic heterocycles. The second kappa shape index (κ2) is 5.69. The van der Waals surface area contributed by atoms with Crippen LogP contribution in [-0.2, 0) is 9.59 Å². The first-order chi connectivity index (χ1) is 9.28. The number of piperazine rings is 1. The molecule has 6 nitrogen and oxygen atoms in total. The number of hydrogen-bond acceptors (Lipinski definition) is 4. The maximum Gasteiger partial charge on any atom is 0.245 e. The number of likely N-dealkylation sites (N-methyl/N-ethyl adjacent to an activating group) is 1. The predicted molar refractivity (Wildman–Crippen MR) is 75.1 cm³/mol. The molecule has 1 unspecified atom stereocenters. The van der Waals surface area contributed by atoms with E-state index in [-0.39, 0.29) is 17.9 Å². The van der Waals surface area contributed by atoms with Gasteiger partial charge in [-0.25, -0.2) is 0 Å². The fraction of sp³-hybridized carbons (Fsp3) is 0.857. The maximum absolute atomic E-state index is 12.4. The van der Waals surface area contributed by atoms with Crippen LogP contribution in [-0.4, -0.2) is 83.0 Å². The van der Waals surface area contributed by atoms with Crippen LogP contribution in [0, 0.1) is 0 Å². The van der Waals surface area contributed by atoms with Crippen molar-refractivity contribution in [1.29, 1.82) is 0 Å². The molecule has 2 aliphatic rings. The van der Waals surface area contributed by atoms with Gasteiger partial charge in [-0.15, -0.1) is 0 Å². The van der Waals surface area contributed by atoms with E-state index in [1.54, 1.807) is 25.8 Å². The van der Waals surface area contributed by atoms with Gasteiger partial charge in [-0.1, -0.05) is 0 Å². The highest BCUT2D eigenvalue weighted by Gasteiger charge is 2.36. The van der Waals surface area contributed by atoms with Crippen molar-refractivity contribution in [3.05, 3.63) is 0 Å². The molecular weight excluding hydrogens is 258 g/mol. The van der Waals surface area contributed by atoms with Crippen molar-refractivity contribution in [2.75, 3.05) is 39.8 Å². The third kappa shape index (κ3) is 3.49. The van der Waals surface area contributed by atoms with Crippen molar-refractivity contribution in [2.45, 2.75) is 38.3 Å². The van der Waals surface area contributed by atoms with Crippen molar-refractivity contribution < 1.29 is 14.7 Å². The molecule has 2 amide bonds. The molecule has 0 spiro atoms. The van der Waals surface area contributed by atoms with Gasteiger partial charge in [0.25, 0.3) is 0 Å². The quantitative estimate of drug-likeness (QED) is 0.760. The predicted octanol–water partition coefficient (Wildman–Crippen LogP) is -0.478. The summed E-state index contributed by atoms with van der Waals surface area (Å²) in [5, 5.41) is 9.82. The first-order valence-corrected chi connectivity index (χ1v) is 7.27. The van der Waals surface area contributed by atoms with Gasteiger partial charge in [0.05, 0.1) is 5.60 Å². The van der Waals surface area contributed by atoms with Crippen LogP contribution < -0.4 is 0 Å². The number of rotatable bonds is 3. The standard InChI is InChI=1S/C14H25N3O3/c1-14(2,20)10-16-6-8-17(9-7-16)13(19)11-4-5-12(18)15(11)3/h11,20H,4-10H2,1-3H3. The zero-order chi connectivity index (χ0) is 14.9. The van der Waals surface area contributed by atoms with E-state index in [4.69, 9.17) is 0 Å². The van der Waals surface area contributed by atoms with Crippen LogP contribution in [0.15, 0.2) is 0 Å². The van der Waals surface area contributed by atoms with Crippen LogP contribution in [0.2, 0.25) is 0 Å². The zero-order valence-electron chi connectivity index (χ0n) is 12.6. The van der Waals surface area contributed by atoms with Gasteiger partial charge in [-0.05, 0) is 20.3 Å². The number of hydrogen-bond donors (Lipinski definition) is 1. The Morgan fingerprint density at radius 1 is 1.30 bits per heavy atom. The molecule has 0 aliphatic carbocycles. The third-order valence-electron chi connectivity index (χ3n) is 4.07. The van der Waals surface area contributed by atoms with Crippen molar-refractivity contribution in [3.63, 3.8) is 0 Å². The molecule has 0 aromatic rings. The number of carbonyl (C=O) groups is 2. The molecule has 0 aromatic heterocycles. The Hall–Kier alpha value is -1.14. The Labute approximate surface area is 120 Å². The molecule has 0 aromatic carbocycles. The number of likely N-dealkylation sites (tertiary alicyclic amines) is 1. The van der Waals surface area contributed by atoms with Crippen LogP contribution in [0.4, 0.5) is 0 Å².